The first-order chi connectivity index (χ1) is 11.1. The van der Waals surface area contributed by atoms with Crippen LogP contribution in [0.1, 0.15) is 37.5 Å². The first-order valence-electron chi connectivity index (χ1n) is 8.12. The molecule has 1 fully saturated rings. The molecular formula is C18H22N2O2S. The molecule has 2 heterocycles. The number of amides is 2. The fraction of sp³-hybridized carbons (Fsp3) is 0.444. The molecule has 23 heavy (non-hydrogen) atoms. The van der Waals surface area contributed by atoms with Crippen molar-refractivity contribution in [1.82, 2.24) is 9.47 Å². The molecule has 0 spiro atoms. The Hall–Kier alpha value is -1.75. The van der Waals surface area contributed by atoms with Crippen molar-refractivity contribution in [2.24, 2.45) is 5.92 Å². The normalized spacial score (nSPS) is 18.6. The van der Waals surface area contributed by atoms with E-state index in [9.17, 15) is 9.59 Å². The number of carbonyl (C=O) groups excluding carboxylic acids is 2. The highest BCUT2D eigenvalue weighted by Gasteiger charge is 2.38. The largest absolute Gasteiger partial charge is 0.347 e. The van der Waals surface area contributed by atoms with Gasteiger partial charge >= 0.3 is 0 Å². The number of hydrogen-bond donors (Lipinski definition) is 0. The Morgan fingerprint density at radius 3 is 2.52 bits per heavy atom. The van der Waals surface area contributed by atoms with Crippen molar-refractivity contribution in [1.29, 1.82) is 0 Å². The van der Waals surface area contributed by atoms with Crippen molar-refractivity contribution in [3.05, 3.63) is 36.0 Å². The van der Waals surface area contributed by atoms with Gasteiger partial charge in [0.25, 0.3) is 5.24 Å². The van der Waals surface area contributed by atoms with Crippen LogP contribution in [0, 0.1) is 5.92 Å². The van der Waals surface area contributed by atoms with Crippen LogP contribution in [0.15, 0.2) is 30.5 Å². The monoisotopic (exact) mass is 330 g/mol. The van der Waals surface area contributed by atoms with Gasteiger partial charge in [0.2, 0.25) is 5.91 Å². The molecule has 2 aromatic rings. The van der Waals surface area contributed by atoms with Crippen molar-refractivity contribution in [2.45, 2.75) is 38.5 Å². The average molecular weight is 330 g/mol. The fourth-order valence-electron chi connectivity index (χ4n) is 3.15. The summed E-state index contributed by atoms with van der Waals surface area (Å²) < 4.78 is 2.27. The highest BCUT2D eigenvalue weighted by Crippen LogP contribution is 2.41. The summed E-state index contributed by atoms with van der Waals surface area (Å²) in [5.41, 5.74) is 2.09. The number of imide groups is 1. The van der Waals surface area contributed by atoms with Gasteiger partial charge in [-0.15, -0.1) is 0 Å². The summed E-state index contributed by atoms with van der Waals surface area (Å²) in [6, 6.07) is 8.12. The van der Waals surface area contributed by atoms with Gasteiger partial charge in [0, 0.05) is 30.7 Å². The number of thioether (sulfide) groups is 1. The lowest BCUT2D eigenvalue weighted by Gasteiger charge is -2.15. The van der Waals surface area contributed by atoms with Crippen LogP contribution in [0.3, 0.4) is 0 Å². The maximum atomic E-state index is 12.3. The molecule has 0 bridgehead atoms. The Bertz CT molecular complexity index is 749. The lowest BCUT2D eigenvalue weighted by Crippen LogP contribution is -2.24. The third-order valence-electron chi connectivity index (χ3n) is 4.79. The van der Waals surface area contributed by atoms with Gasteiger partial charge in [0.15, 0.2) is 0 Å². The predicted molar refractivity (Wildman–Crippen MR) is 94.5 cm³/mol. The van der Waals surface area contributed by atoms with E-state index in [0.29, 0.717) is 5.92 Å². The van der Waals surface area contributed by atoms with E-state index in [-0.39, 0.29) is 11.1 Å². The van der Waals surface area contributed by atoms with Gasteiger partial charge in [-0.3, -0.25) is 14.5 Å². The zero-order chi connectivity index (χ0) is 16.6. The number of rotatable bonds is 5. The van der Waals surface area contributed by atoms with Crippen LogP contribution in [0.25, 0.3) is 10.9 Å². The molecule has 0 aliphatic carbocycles. The van der Waals surface area contributed by atoms with Gasteiger partial charge in [-0.25, -0.2) is 0 Å². The molecule has 1 atom stereocenters. The first kappa shape index (κ1) is 16.1. The summed E-state index contributed by atoms with van der Waals surface area (Å²) in [5, 5.41) is 0.487. The molecule has 1 saturated heterocycles. The zero-order valence-corrected chi connectivity index (χ0v) is 14.6. The summed E-state index contributed by atoms with van der Waals surface area (Å²) in [7, 11) is 1.55. The zero-order valence-electron chi connectivity index (χ0n) is 13.8. The molecule has 3 rings (SSSR count). The molecule has 2 amide bonds. The maximum Gasteiger partial charge on any atom is 0.289 e. The molecular weight excluding hydrogens is 308 g/mol. The second-order valence-electron chi connectivity index (χ2n) is 6.09. The Labute approximate surface area is 140 Å². The molecule has 0 saturated carbocycles. The van der Waals surface area contributed by atoms with E-state index >= 15 is 0 Å². The second kappa shape index (κ2) is 6.40. The van der Waals surface area contributed by atoms with E-state index in [1.165, 1.54) is 4.90 Å². The molecule has 0 N–H and O–H groups in total. The number of aromatic nitrogens is 1. The van der Waals surface area contributed by atoms with E-state index in [1.54, 1.807) is 7.05 Å². The van der Waals surface area contributed by atoms with Crippen molar-refractivity contribution in [3.8, 4) is 0 Å². The summed E-state index contributed by atoms with van der Waals surface area (Å²) >= 11 is 1.11. The third kappa shape index (κ3) is 2.78. The molecule has 1 unspecified atom stereocenters. The molecule has 122 valence electrons. The Morgan fingerprint density at radius 1 is 1.17 bits per heavy atom. The number of likely N-dealkylation sites (N-methyl/N-ethyl adjacent to an activating group) is 1. The van der Waals surface area contributed by atoms with E-state index in [1.807, 2.05) is 12.1 Å². The van der Waals surface area contributed by atoms with Gasteiger partial charge in [0.1, 0.15) is 5.25 Å². The second-order valence-corrected chi connectivity index (χ2v) is 7.15. The lowest BCUT2D eigenvalue weighted by molar-refractivity contribution is -0.125. The summed E-state index contributed by atoms with van der Waals surface area (Å²) in [5.74, 6) is 0.532. The Balaban J connectivity index is 1.99. The van der Waals surface area contributed by atoms with E-state index in [4.69, 9.17) is 0 Å². The van der Waals surface area contributed by atoms with Gasteiger partial charge in [-0.1, -0.05) is 38.8 Å². The van der Waals surface area contributed by atoms with Gasteiger partial charge in [-0.05, 0) is 35.4 Å². The predicted octanol–water partition coefficient (Wildman–Crippen LogP) is 4.44. The molecule has 1 aromatic heterocycles. The van der Waals surface area contributed by atoms with Gasteiger partial charge in [-0.2, -0.15) is 0 Å². The average Bonchev–Trinajstić information content (AvgIpc) is 3.09. The smallest absolute Gasteiger partial charge is 0.289 e. The first-order valence-corrected chi connectivity index (χ1v) is 9.00. The van der Waals surface area contributed by atoms with Gasteiger partial charge < -0.3 is 4.57 Å². The Morgan fingerprint density at radius 2 is 1.91 bits per heavy atom. The Kier molecular flexibility index (Phi) is 4.48. The minimum Gasteiger partial charge on any atom is -0.347 e. The topological polar surface area (TPSA) is 42.3 Å². The number of benzene rings is 1. The van der Waals surface area contributed by atoms with Crippen molar-refractivity contribution in [2.75, 3.05) is 7.05 Å². The maximum absolute atomic E-state index is 12.3. The van der Waals surface area contributed by atoms with Crippen LogP contribution in [-0.2, 0) is 11.3 Å². The van der Waals surface area contributed by atoms with Gasteiger partial charge in [0.05, 0.1) is 0 Å². The summed E-state index contributed by atoms with van der Waals surface area (Å²) in [4.78, 5) is 25.3. The number of nitrogens with zero attached hydrogens (tertiary/aromatic N) is 2. The highest BCUT2D eigenvalue weighted by molar-refractivity contribution is 8.15. The minimum absolute atomic E-state index is 0.125. The third-order valence-corrected chi connectivity index (χ3v) is 5.95. The van der Waals surface area contributed by atoms with Crippen LogP contribution in [0.2, 0.25) is 0 Å². The molecule has 1 aliphatic heterocycles. The molecule has 1 aliphatic rings. The van der Waals surface area contributed by atoms with Crippen LogP contribution >= 0.6 is 11.8 Å². The van der Waals surface area contributed by atoms with E-state index < -0.39 is 5.25 Å². The quantitative estimate of drug-likeness (QED) is 0.813. The number of carbonyl (C=O) groups is 2. The van der Waals surface area contributed by atoms with Crippen LogP contribution in [0.5, 0.6) is 0 Å². The van der Waals surface area contributed by atoms with Crippen LogP contribution in [-0.4, -0.2) is 27.7 Å². The number of hydrogen-bond acceptors (Lipinski definition) is 3. The molecule has 5 heteroatoms. The summed E-state index contributed by atoms with van der Waals surface area (Å²) in [6.45, 7) is 5.44. The van der Waals surface area contributed by atoms with Crippen molar-refractivity contribution >= 4 is 33.8 Å². The fourth-order valence-corrected chi connectivity index (χ4v) is 4.19. The molecule has 1 aromatic carbocycles. The van der Waals surface area contributed by atoms with Crippen molar-refractivity contribution in [3.63, 3.8) is 0 Å². The molecule has 4 nitrogen and oxygen atoms in total. The molecule has 0 radical (unpaired) electrons. The summed E-state index contributed by atoms with van der Waals surface area (Å²) in [6.07, 6.45) is 4.42. The van der Waals surface area contributed by atoms with E-state index in [2.05, 4.69) is 36.7 Å². The highest BCUT2D eigenvalue weighted by atomic mass is 32.2. The number of fused-ring (bicyclic) bond motifs is 1. The van der Waals surface area contributed by atoms with Crippen molar-refractivity contribution < 1.29 is 9.59 Å². The standard InChI is InChI=1S/C18H22N2O2S/c1-4-12(5-2)11-20-10-9-13-14(7-6-8-15(13)20)16-17(21)19(3)18(22)23-16/h6-10,12,16H,4-5,11H2,1-3H3. The van der Waals surface area contributed by atoms with Crippen LogP contribution < -0.4 is 0 Å². The van der Waals surface area contributed by atoms with Crippen LogP contribution in [0.4, 0.5) is 4.79 Å². The SMILES string of the molecule is CCC(CC)Cn1ccc2c(C3SC(=O)N(C)C3=O)cccc21. The van der Waals surface area contributed by atoms with E-state index in [0.717, 1.165) is 47.6 Å². The lowest BCUT2D eigenvalue weighted by atomic mass is 10.0. The minimum atomic E-state index is -0.416.